The minimum atomic E-state index is 0.313. The standard InChI is InChI=1S/C10H9ClN2O/c11-8-3-1-7(2-4-8)9-6-13-10(5-12)14-9/h1-4,6H,5,12H2. The number of halogens is 1. The summed E-state index contributed by atoms with van der Waals surface area (Å²) in [6, 6.07) is 7.37. The van der Waals surface area contributed by atoms with Crippen molar-refractivity contribution in [3.8, 4) is 11.3 Å². The second kappa shape index (κ2) is 3.82. The summed E-state index contributed by atoms with van der Waals surface area (Å²) in [5, 5.41) is 0.701. The molecule has 0 amide bonds. The maximum absolute atomic E-state index is 5.77. The average molecular weight is 209 g/mol. The van der Waals surface area contributed by atoms with Crippen molar-refractivity contribution >= 4 is 11.6 Å². The summed E-state index contributed by atoms with van der Waals surface area (Å²) < 4.78 is 5.38. The molecule has 1 aromatic carbocycles. The number of aromatic nitrogens is 1. The molecule has 14 heavy (non-hydrogen) atoms. The summed E-state index contributed by atoms with van der Waals surface area (Å²) in [5.41, 5.74) is 6.33. The lowest BCUT2D eigenvalue weighted by atomic mass is 10.2. The summed E-state index contributed by atoms with van der Waals surface area (Å²) in [4.78, 5) is 4.01. The Balaban J connectivity index is 2.34. The molecule has 0 saturated carbocycles. The van der Waals surface area contributed by atoms with E-state index in [4.69, 9.17) is 21.8 Å². The highest BCUT2D eigenvalue weighted by molar-refractivity contribution is 6.30. The SMILES string of the molecule is NCc1ncc(-c2ccc(Cl)cc2)o1. The summed E-state index contributed by atoms with van der Waals surface area (Å²) in [5.74, 6) is 1.25. The molecule has 0 saturated heterocycles. The largest absolute Gasteiger partial charge is 0.439 e. The van der Waals surface area contributed by atoms with Crippen molar-refractivity contribution in [3.05, 3.63) is 41.4 Å². The fourth-order valence-corrected chi connectivity index (χ4v) is 1.28. The predicted molar refractivity (Wildman–Crippen MR) is 54.8 cm³/mol. The average Bonchev–Trinajstić information content (AvgIpc) is 2.67. The third-order valence-corrected chi connectivity index (χ3v) is 2.11. The van der Waals surface area contributed by atoms with Gasteiger partial charge in [-0.25, -0.2) is 4.98 Å². The molecule has 0 aliphatic rings. The molecule has 2 rings (SSSR count). The van der Waals surface area contributed by atoms with Gasteiger partial charge in [-0.15, -0.1) is 0 Å². The minimum absolute atomic E-state index is 0.313. The second-order valence-electron chi connectivity index (χ2n) is 2.83. The fourth-order valence-electron chi connectivity index (χ4n) is 1.15. The smallest absolute Gasteiger partial charge is 0.208 e. The molecule has 1 aromatic heterocycles. The highest BCUT2D eigenvalue weighted by Crippen LogP contribution is 2.21. The third-order valence-electron chi connectivity index (χ3n) is 1.86. The van der Waals surface area contributed by atoms with E-state index in [-0.39, 0.29) is 0 Å². The van der Waals surface area contributed by atoms with Crippen molar-refractivity contribution < 1.29 is 4.42 Å². The first kappa shape index (κ1) is 9.24. The van der Waals surface area contributed by atoms with Crippen molar-refractivity contribution in [2.45, 2.75) is 6.54 Å². The highest BCUT2D eigenvalue weighted by atomic mass is 35.5. The number of hydrogen-bond acceptors (Lipinski definition) is 3. The number of oxazole rings is 1. The molecule has 0 radical (unpaired) electrons. The Bertz CT molecular complexity index is 422. The van der Waals surface area contributed by atoms with Crippen LogP contribution < -0.4 is 5.73 Å². The molecule has 2 N–H and O–H groups in total. The quantitative estimate of drug-likeness (QED) is 0.825. The zero-order valence-electron chi connectivity index (χ0n) is 7.40. The van der Waals surface area contributed by atoms with Gasteiger partial charge in [0.25, 0.3) is 0 Å². The Hall–Kier alpha value is -1.32. The van der Waals surface area contributed by atoms with Gasteiger partial charge in [0.2, 0.25) is 5.89 Å². The molecular weight excluding hydrogens is 200 g/mol. The van der Waals surface area contributed by atoms with Crippen molar-refractivity contribution in [2.75, 3.05) is 0 Å². The molecule has 0 spiro atoms. The Morgan fingerprint density at radius 2 is 2.00 bits per heavy atom. The molecule has 2 aromatic rings. The molecule has 0 atom stereocenters. The minimum Gasteiger partial charge on any atom is -0.439 e. The van der Waals surface area contributed by atoms with Gasteiger partial charge in [0.15, 0.2) is 5.76 Å². The van der Waals surface area contributed by atoms with E-state index >= 15 is 0 Å². The van der Waals surface area contributed by atoms with Crippen LogP contribution in [0.5, 0.6) is 0 Å². The lowest BCUT2D eigenvalue weighted by Gasteiger charge is -1.95. The number of rotatable bonds is 2. The molecule has 0 aliphatic heterocycles. The molecule has 1 heterocycles. The summed E-state index contributed by atoms with van der Waals surface area (Å²) in [6.07, 6.45) is 1.66. The topological polar surface area (TPSA) is 52.0 Å². The fraction of sp³-hybridized carbons (Fsp3) is 0.100. The third kappa shape index (κ3) is 1.78. The first-order valence-electron chi connectivity index (χ1n) is 4.20. The van der Waals surface area contributed by atoms with Crippen LogP contribution in [0.1, 0.15) is 5.89 Å². The van der Waals surface area contributed by atoms with Gasteiger partial charge in [-0.1, -0.05) is 11.6 Å². The van der Waals surface area contributed by atoms with Crippen LogP contribution in [0, 0.1) is 0 Å². The van der Waals surface area contributed by atoms with Crippen molar-refractivity contribution in [2.24, 2.45) is 5.73 Å². The Kier molecular flexibility index (Phi) is 2.52. The summed E-state index contributed by atoms with van der Waals surface area (Å²) in [6.45, 7) is 0.313. The van der Waals surface area contributed by atoms with Gasteiger partial charge in [0, 0.05) is 10.6 Å². The van der Waals surface area contributed by atoms with Crippen molar-refractivity contribution in [1.82, 2.24) is 4.98 Å². The first-order chi connectivity index (χ1) is 6.79. The van der Waals surface area contributed by atoms with Crippen LogP contribution in [0.4, 0.5) is 0 Å². The molecule has 0 aliphatic carbocycles. The Labute approximate surface area is 86.5 Å². The van der Waals surface area contributed by atoms with Gasteiger partial charge in [-0.05, 0) is 24.3 Å². The first-order valence-corrected chi connectivity index (χ1v) is 4.58. The number of nitrogens with two attached hydrogens (primary N) is 1. The lowest BCUT2D eigenvalue weighted by Crippen LogP contribution is -1.94. The summed E-state index contributed by atoms with van der Waals surface area (Å²) in [7, 11) is 0. The number of nitrogens with zero attached hydrogens (tertiary/aromatic N) is 1. The maximum atomic E-state index is 5.77. The van der Waals surface area contributed by atoms with Gasteiger partial charge in [-0.3, -0.25) is 0 Å². The van der Waals surface area contributed by atoms with Gasteiger partial charge in [0.1, 0.15) is 0 Å². The van der Waals surface area contributed by atoms with Crippen molar-refractivity contribution in [1.29, 1.82) is 0 Å². The van der Waals surface area contributed by atoms with Crippen LogP contribution in [0.2, 0.25) is 5.02 Å². The van der Waals surface area contributed by atoms with E-state index in [0.717, 1.165) is 5.56 Å². The second-order valence-corrected chi connectivity index (χ2v) is 3.27. The predicted octanol–water partition coefficient (Wildman–Crippen LogP) is 2.45. The van der Waals surface area contributed by atoms with E-state index in [2.05, 4.69) is 4.98 Å². The lowest BCUT2D eigenvalue weighted by molar-refractivity contribution is 0.509. The van der Waals surface area contributed by atoms with Crippen LogP contribution in [0.25, 0.3) is 11.3 Å². The van der Waals surface area contributed by atoms with Gasteiger partial charge >= 0.3 is 0 Å². The molecular formula is C10H9ClN2O. The van der Waals surface area contributed by atoms with E-state index in [1.54, 1.807) is 6.20 Å². The van der Waals surface area contributed by atoms with E-state index < -0.39 is 0 Å². The highest BCUT2D eigenvalue weighted by Gasteiger charge is 2.04. The molecule has 72 valence electrons. The normalized spacial score (nSPS) is 10.4. The van der Waals surface area contributed by atoms with E-state index in [1.807, 2.05) is 24.3 Å². The van der Waals surface area contributed by atoms with Crippen LogP contribution in [-0.4, -0.2) is 4.98 Å². The summed E-state index contributed by atoms with van der Waals surface area (Å²) >= 11 is 5.77. The molecule has 0 fully saturated rings. The monoisotopic (exact) mass is 208 g/mol. The van der Waals surface area contributed by atoms with Crippen LogP contribution in [-0.2, 0) is 6.54 Å². The van der Waals surface area contributed by atoms with Crippen molar-refractivity contribution in [3.63, 3.8) is 0 Å². The maximum Gasteiger partial charge on any atom is 0.208 e. The van der Waals surface area contributed by atoms with Gasteiger partial charge in [0.05, 0.1) is 12.7 Å². The van der Waals surface area contributed by atoms with Crippen LogP contribution in [0.15, 0.2) is 34.9 Å². The van der Waals surface area contributed by atoms with Crippen LogP contribution >= 0.6 is 11.6 Å². The van der Waals surface area contributed by atoms with E-state index in [1.165, 1.54) is 0 Å². The molecule has 3 nitrogen and oxygen atoms in total. The van der Waals surface area contributed by atoms with E-state index in [0.29, 0.717) is 23.2 Å². The Morgan fingerprint density at radius 1 is 1.29 bits per heavy atom. The molecule has 4 heteroatoms. The number of benzene rings is 1. The zero-order chi connectivity index (χ0) is 9.97. The Morgan fingerprint density at radius 3 is 2.57 bits per heavy atom. The molecule has 0 bridgehead atoms. The van der Waals surface area contributed by atoms with E-state index in [9.17, 15) is 0 Å². The van der Waals surface area contributed by atoms with Crippen LogP contribution in [0.3, 0.4) is 0 Å². The zero-order valence-corrected chi connectivity index (χ0v) is 8.16. The van der Waals surface area contributed by atoms with Gasteiger partial charge < -0.3 is 10.2 Å². The van der Waals surface area contributed by atoms with Gasteiger partial charge in [-0.2, -0.15) is 0 Å². The number of hydrogen-bond donors (Lipinski definition) is 1. The molecule has 0 unspecified atom stereocenters.